The Hall–Kier alpha value is -1.44. The summed E-state index contributed by atoms with van der Waals surface area (Å²) in [5.41, 5.74) is 2.24. The highest BCUT2D eigenvalue weighted by Gasteiger charge is 2.14. The van der Waals surface area contributed by atoms with Gasteiger partial charge in [-0.15, -0.1) is 0 Å². The minimum atomic E-state index is -0.435. The third-order valence-corrected chi connectivity index (χ3v) is 3.35. The van der Waals surface area contributed by atoms with Gasteiger partial charge in [-0.1, -0.05) is 5.16 Å². The van der Waals surface area contributed by atoms with Crippen LogP contribution in [-0.2, 0) is 6.54 Å². The van der Waals surface area contributed by atoms with E-state index in [4.69, 9.17) is 10.4 Å². The number of nitrogens with zero attached hydrogens (tertiary/aromatic N) is 3. The van der Waals surface area contributed by atoms with Crippen molar-refractivity contribution in [2.75, 3.05) is 33.2 Å². The Morgan fingerprint density at radius 2 is 2.32 bits per heavy atom. The van der Waals surface area contributed by atoms with Crippen LogP contribution in [0.1, 0.15) is 29.1 Å². The highest BCUT2D eigenvalue weighted by Crippen LogP contribution is 2.09. The Bertz CT molecular complexity index is 414. The van der Waals surface area contributed by atoms with Gasteiger partial charge >= 0.3 is 0 Å². The first-order valence-corrected chi connectivity index (χ1v) is 6.56. The van der Waals surface area contributed by atoms with E-state index in [2.05, 4.69) is 15.0 Å². The van der Waals surface area contributed by atoms with E-state index in [1.807, 2.05) is 12.5 Å². The molecule has 1 aromatic rings. The number of nitrogens with two attached hydrogens (primary N) is 1. The maximum Gasteiger partial charge on any atom is 0.287 e. The van der Waals surface area contributed by atoms with Gasteiger partial charge in [0.1, 0.15) is 0 Å². The fourth-order valence-electron chi connectivity index (χ4n) is 2.23. The van der Waals surface area contributed by atoms with Crippen LogP contribution in [0.2, 0.25) is 0 Å². The van der Waals surface area contributed by atoms with Crippen molar-refractivity contribution in [2.45, 2.75) is 19.4 Å². The zero-order valence-electron chi connectivity index (χ0n) is 11.3. The SMILES string of the molecule is CN(CCN1CCCC1)Cc1cc(C(=O)NN)no1. The molecule has 1 aliphatic heterocycles. The number of hydrogen-bond donors (Lipinski definition) is 2. The molecule has 2 heterocycles. The van der Waals surface area contributed by atoms with Crippen LogP contribution in [0.15, 0.2) is 10.6 Å². The summed E-state index contributed by atoms with van der Waals surface area (Å²) in [4.78, 5) is 15.9. The van der Waals surface area contributed by atoms with E-state index < -0.39 is 5.91 Å². The van der Waals surface area contributed by atoms with Crippen LogP contribution in [0.5, 0.6) is 0 Å². The normalized spacial score (nSPS) is 16.2. The molecule has 2 rings (SSSR count). The third kappa shape index (κ3) is 4.02. The summed E-state index contributed by atoms with van der Waals surface area (Å²) >= 11 is 0. The highest BCUT2D eigenvalue weighted by atomic mass is 16.5. The molecular weight excluding hydrogens is 246 g/mol. The van der Waals surface area contributed by atoms with E-state index in [1.54, 1.807) is 6.07 Å². The topological polar surface area (TPSA) is 87.6 Å². The maximum atomic E-state index is 11.2. The molecule has 0 aromatic carbocycles. The lowest BCUT2D eigenvalue weighted by molar-refractivity contribution is 0.0944. The molecular formula is C12H21N5O2. The fraction of sp³-hybridized carbons (Fsp3) is 0.667. The molecule has 19 heavy (non-hydrogen) atoms. The second kappa shape index (κ2) is 6.65. The van der Waals surface area contributed by atoms with Gasteiger partial charge in [-0.3, -0.25) is 15.1 Å². The quantitative estimate of drug-likeness (QED) is 0.422. The predicted octanol–water partition coefficient (Wildman–Crippen LogP) is -0.194. The summed E-state index contributed by atoms with van der Waals surface area (Å²) < 4.78 is 5.11. The third-order valence-electron chi connectivity index (χ3n) is 3.35. The number of nitrogen functional groups attached to an aromatic ring is 1. The van der Waals surface area contributed by atoms with Gasteiger partial charge in [-0.25, -0.2) is 5.84 Å². The van der Waals surface area contributed by atoms with Crippen molar-refractivity contribution in [2.24, 2.45) is 5.84 Å². The number of nitrogens with one attached hydrogen (secondary N) is 1. The molecule has 1 aliphatic rings. The first-order valence-electron chi connectivity index (χ1n) is 6.56. The summed E-state index contributed by atoms with van der Waals surface area (Å²) in [5, 5.41) is 3.67. The number of likely N-dealkylation sites (tertiary alicyclic amines) is 1. The average Bonchev–Trinajstić information content (AvgIpc) is 3.06. The Morgan fingerprint density at radius 3 is 3.00 bits per heavy atom. The Kier molecular flexibility index (Phi) is 4.89. The molecule has 7 heteroatoms. The Balaban J connectivity index is 1.76. The van der Waals surface area contributed by atoms with Crippen molar-refractivity contribution >= 4 is 5.91 Å². The van der Waals surface area contributed by atoms with E-state index in [1.165, 1.54) is 25.9 Å². The van der Waals surface area contributed by atoms with E-state index in [0.717, 1.165) is 13.1 Å². The Morgan fingerprint density at radius 1 is 1.58 bits per heavy atom. The number of hydrazine groups is 1. The predicted molar refractivity (Wildman–Crippen MR) is 70.2 cm³/mol. The van der Waals surface area contributed by atoms with Crippen LogP contribution in [-0.4, -0.2) is 54.1 Å². The van der Waals surface area contributed by atoms with Gasteiger partial charge < -0.3 is 9.42 Å². The van der Waals surface area contributed by atoms with Crippen molar-refractivity contribution in [1.82, 2.24) is 20.4 Å². The second-order valence-electron chi connectivity index (χ2n) is 4.94. The molecule has 0 radical (unpaired) electrons. The molecule has 0 atom stereocenters. The minimum absolute atomic E-state index is 0.213. The van der Waals surface area contributed by atoms with Gasteiger partial charge in [0.25, 0.3) is 5.91 Å². The van der Waals surface area contributed by atoms with Crippen molar-refractivity contribution in [1.29, 1.82) is 0 Å². The van der Waals surface area contributed by atoms with Gasteiger partial charge in [0.15, 0.2) is 11.5 Å². The van der Waals surface area contributed by atoms with E-state index in [-0.39, 0.29) is 5.69 Å². The van der Waals surface area contributed by atoms with Crippen LogP contribution >= 0.6 is 0 Å². The second-order valence-corrected chi connectivity index (χ2v) is 4.94. The molecule has 0 unspecified atom stereocenters. The monoisotopic (exact) mass is 267 g/mol. The standard InChI is InChI=1S/C12H21N5O2/c1-16(6-7-17-4-2-3-5-17)9-10-8-11(15-19-10)12(18)14-13/h8H,2-7,9,13H2,1H3,(H,14,18). The number of hydrogen-bond acceptors (Lipinski definition) is 6. The lowest BCUT2D eigenvalue weighted by Crippen LogP contribution is -2.31. The van der Waals surface area contributed by atoms with Gasteiger partial charge in [-0.2, -0.15) is 0 Å². The number of carbonyl (C=O) groups excluding carboxylic acids is 1. The largest absolute Gasteiger partial charge is 0.359 e. The maximum absolute atomic E-state index is 11.2. The van der Waals surface area contributed by atoms with Gasteiger partial charge in [0.05, 0.1) is 6.54 Å². The number of likely N-dealkylation sites (N-methyl/N-ethyl adjacent to an activating group) is 1. The lowest BCUT2D eigenvalue weighted by atomic mass is 10.3. The van der Waals surface area contributed by atoms with Gasteiger partial charge in [-0.05, 0) is 33.0 Å². The zero-order chi connectivity index (χ0) is 13.7. The first-order chi connectivity index (χ1) is 9.19. The molecule has 0 spiro atoms. The first kappa shape index (κ1) is 14.0. The zero-order valence-corrected chi connectivity index (χ0v) is 11.3. The van der Waals surface area contributed by atoms with Crippen molar-refractivity contribution in [3.05, 3.63) is 17.5 Å². The molecule has 1 fully saturated rings. The molecule has 1 aromatic heterocycles. The molecule has 0 bridgehead atoms. The summed E-state index contributed by atoms with van der Waals surface area (Å²) in [6.45, 7) is 5.09. The molecule has 7 nitrogen and oxygen atoms in total. The number of rotatable bonds is 6. The van der Waals surface area contributed by atoms with Crippen molar-refractivity contribution < 1.29 is 9.32 Å². The molecule has 106 valence electrons. The van der Waals surface area contributed by atoms with Crippen molar-refractivity contribution in [3.8, 4) is 0 Å². The number of aromatic nitrogens is 1. The number of carbonyl (C=O) groups is 1. The summed E-state index contributed by atoms with van der Waals surface area (Å²) in [6.07, 6.45) is 2.62. The smallest absolute Gasteiger partial charge is 0.287 e. The van der Waals surface area contributed by atoms with Crippen LogP contribution < -0.4 is 11.3 Å². The molecule has 0 aliphatic carbocycles. The van der Waals surface area contributed by atoms with E-state index >= 15 is 0 Å². The number of amides is 1. The van der Waals surface area contributed by atoms with Gasteiger partial charge in [0.2, 0.25) is 0 Å². The molecule has 0 saturated carbocycles. The Labute approximate surface area is 112 Å². The van der Waals surface area contributed by atoms with E-state index in [9.17, 15) is 4.79 Å². The van der Waals surface area contributed by atoms with Crippen LogP contribution in [0.3, 0.4) is 0 Å². The minimum Gasteiger partial charge on any atom is -0.359 e. The van der Waals surface area contributed by atoms with Crippen LogP contribution in [0.4, 0.5) is 0 Å². The fourth-order valence-corrected chi connectivity index (χ4v) is 2.23. The molecule has 1 amide bonds. The summed E-state index contributed by atoms with van der Waals surface area (Å²) in [5.74, 6) is 5.27. The van der Waals surface area contributed by atoms with Crippen LogP contribution in [0, 0.1) is 0 Å². The molecule has 3 N–H and O–H groups in total. The molecule has 1 saturated heterocycles. The van der Waals surface area contributed by atoms with Crippen LogP contribution in [0.25, 0.3) is 0 Å². The van der Waals surface area contributed by atoms with Gasteiger partial charge in [0, 0.05) is 19.2 Å². The average molecular weight is 267 g/mol. The highest BCUT2D eigenvalue weighted by molar-refractivity contribution is 5.91. The lowest BCUT2D eigenvalue weighted by Gasteiger charge is -2.20. The summed E-state index contributed by atoms with van der Waals surface area (Å²) in [7, 11) is 2.03. The summed E-state index contributed by atoms with van der Waals surface area (Å²) in [6, 6.07) is 1.62. The van der Waals surface area contributed by atoms with E-state index in [0.29, 0.717) is 12.3 Å². The van der Waals surface area contributed by atoms with Crippen molar-refractivity contribution in [3.63, 3.8) is 0 Å².